The van der Waals surface area contributed by atoms with E-state index in [9.17, 15) is 0 Å². The zero-order valence-corrected chi connectivity index (χ0v) is 15.0. The molecule has 1 heterocycles. The van der Waals surface area contributed by atoms with Crippen molar-refractivity contribution >= 4 is 11.8 Å². The Morgan fingerprint density at radius 2 is 2.09 bits per heavy atom. The number of nitrogens with one attached hydrogen (secondary N) is 1. The first-order chi connectivity index (χ1) is 11.1. The smallest absolute Gasteiger partial charge is 0.193 e. The molecule has 0 fully saturated rings. The predicted octanol–water partition coefficient (Wildman–Crippen LogP) is 2.90. The number of hydrogen-bond donors (Lipinski definition) is 1. The molecule has 0 unspecified atom stereocenters. The molecular weight excluding hydrogens is 286 g/mol. The van der Waals surface area contributed by atoms with Crippen LogP contribution in [0.1, 0.15) is 31.2 Å². The van der Waals surface area contributed by atoms with E-state index in [4.69, 9.17) is 0 Å². The average Bonchev–Trinajstić information content (AvgIpc) is 2.55. The Labute approximate surface area is 141 Å². The van der Waals surface area contributed by atoms with Crippen LogP contribution in [0.15, 0.2) is 36.0 Å². The molecule has 0 aliphatic carbocycles. The number of aromatic nitrogens is 1. The van der Waals surface area contributed by atoms with Crippen LogP contribution in [0.5, 0.6) is 0 Å². The second-order valence-electron chi connectivity index (χ2n) is 5.88. The van der Waals surface area contributed by atoms with E-state index in [0.29, 0.717) is 0 Å². The topological polar surface area (TPSA) is 43.8 Å². The van der Waals surface area contributed by atoms with Gasteiger partial charge in [0, 0.05) is 47.5 Å². The van der Waals surface area contributed by atoms with Gasteiger partial charge in [-0.15, -0.1) is 6.58 Å². The van der Waals surface area contributed by atoms with Gasteiger partial charge in [-0.3, -0.25) is 4.99 Å². The first-order valence-corrected chi connectivity index (χ1v) is 8.23. The van der Waals surface area contributed by atoms with Crippen LogP contribution >= 0.6 is 0 Å². The van der Waals surface area contributed by atoms with E-state index in [-0.39, 0.29) is 0 Å². The summed E-state index contributed by atoms with van der Waals surface area (Å²) in [6.45, 7) is 5.51. The van der Waals surface area contributed by atoms with E-state index >= 15 is 0 Å². The number of hydrogen-bond acceptors (Lipinski definition) is 3. The third-order valence-corrected chi connectivity index (χ3v) is 3.69. The molecule has 0 aromatic carbocycles. The van der Waals surface area contributed by atoms with Crippen molar-refractivity contribution in [2.24, 2.45) is 4.99 Å². The summed E-state index contributed by atoms with van der Waals surface area (Å²) in [6, 6.07) is 4.12. The fraction of sp³-hybridized carbons (Fsp3) is 0.556. The normalized spacial score (nSPS) is 11.2. The lowest BCUT2D eigenvalue weighted by Crippen LogP contribution is -2.39. The van der Waals surface area contributed by atoms with E-state index in [1.165, 1.54) is 24.8 Å². The monoisotopic (exact) mass is 317 g/mol. The van der Waals surface area contributed by atoms with Crippen molar-refractivity contribution in [3.05, 3.63) is 36.5 Å². The van der Waals surface area contributed by atoms with Crippen LogP contribution in [-0.2, 0) is 6.54 Å². The highest BCUT2D eigenvalue weighted by Gasteiger charge is 2.06. The molecule has 0 radical (unpaired) electrons. The van der Waals surface area contributed by atoms with Crippen molar-refractivity contribution in [1.82, 2.24) is 15.2 Å². The van der Waals surface area contributed by atoms with Crippen molar-refractivity contribution in [2.75, 3.05) is 39.6 Å². The Kier molecular flexibility index (Phi) is 8.80. The summed E-state index contributed by atoms with van der Waals surface area (Å²) >= 11 is 0. The average molecular weight is 317 g/mol. The molecule has 0 aliphatic heterocycles. The van der Waals surface area contributed by atoms with Crippen LogP contribution in [0.4, 0.5) is 5.82 Å². The Balaban J connectivity index is 2.44. The minimum Gasteiger partial charge on any atom is -0.363 e. The molecule has 128 valence electrons. The standard InChI is InChI=1S/C18H31N5/c1-6-7-8-9-10-13-23(5)18(19-2)21-15-16-11-12-20-17(14-16)22(3)4/h6,11-12,14H,1,7-10,13,15H2,2-5H3,(H,19,21). The lowest BCUT2D eigenvalue weighted by Gasteiger charge is -2.22. The largest absolute Gasteiger partial charge is 0.363 e. The highest BCUT2D eigenvalue weighted by Crippen LogP contribution is 2.09. The van der Waals surface area contributed by atoms with Crippen molar-refractivity contribution in [2.45, 2.75) is 32.2 Å². The second-order valence-corrected chi connectivity index (χ2v) is 5.88. The van der Waals surface area contributed by atoms with Gasteiger partial charge in [-0.2, -0.15) is 0 Å². The molecule has 0 amide bonds. The lowest BCUT2D eigenvalue weighted by molar-refractivity contribution is 0.455. The van der Waals surface area contributed by atoms with Gasteiger partial charge in [-0.05, 0) is 37.0 Å². The summed E-state index contributed by atoms with van der Waals surface area (Å²) in [5.41, 5.74) is 1.20. The number of anilines is 1. The van der Waals surface area contributed by atoms with Crippen molar-refractivity contribution < 1.29 is 0 Å². The Bertz CT molecular complexity index is 496. The fourth-order valence-electron chi connectivity index (χ4n) is 2.30. The predicted molar refractivity (Wildman–Crippen MR) is 100 cm³/mol. The summed E-state index contributed by atoms with van der Waals surface area (Å²) in [6.07, 6.45) is 8.55. The highest BCUT2D eigenvalue weighted by atomic mass is 15.3. The molecule has 1 rings (SSSR count). The van der Waals surface area contributed by atoms with Crippen molar-refractivity contribution in [1.29, 1.82) is 0 Å². The molecule has 0 spiro atoms. The van der Waals surface area contributed by atoms with E-state index in [1.54, 1.807) is 0 Å². The number of allylic oxidation sites excluding steroid dienone is 1. The highest BCUT2D eigenvalue weighted by molar-refractivity contribution is 5.79. The molecule has 0 bridgehead atoms. The molecular formula is C18H31N5. The third-order valence-electron chi connectivity index (χ3n) is 3.69. The Morgan fingerprint density at radius 1 is 1.30 bits per heavy atom. The van der Waals surface area contributed by atoms with Crippen molar-refractivity contribution in [3.63, 3.8) is 0 Å². The molecule has 0 saturated carbocycles. The fourth-order valence-corrected chi connectivity index (χ4v) is 2.30. The quantitative estimate of drug-likeness (QED) is 0.329. The maximum atomic E-state index is 4.36. The van der Waals surface area contributed by atoms with E-state index in [0.717, 1.165) is 31.3 Å². The first kappa shape index (κ1) is 19.0. The van der Waals surface area contributed by atoms with Crippen LogP contribution < -0.4 is 10.2 Å². The van der Waals surface area contributed by atoms with Crippen LogP contribution in [0.25, 0.3) is 0 Å². The van der Waals surface area contributed by atoms with E-state index < -0.39 is 0 Å². The number of nitrogens with zero attached hydrogens (tertiary/aromatic N) is 4. The van der Waals surface area contributed by atoms with Gasteiger partial charge in [-0.25, -0.2) is 4.98 Å². The van der Waals surface area contributed by atoms with Gasteiger partial charge < -0.3 is 15.1 Å². The van der Waals surface area contributed by atoms with Gasteiger partial charge >= 0.3 is 0 Å². The van der Waals surface area contributed by atoms with Gasteiger partial charge in [-0.1, -0.05) is 12.5 Å². The van der Waals surface area contributed by atoms with Crippen LogP contribution in [0.3, 0.4) is 0 Å². The molecule has 0 atom stereocenters. The SMILES string of the molecule is C=CCCCCCN(C)C(=NC)NCc1ccnc(N(C)C)c1. The van der Waals surface area contributed by atoms with Crippen molar-refractivity contribution in [3.8, 4) is 0 Å². The number of pyridine rings is 1. The molecule has 0 saturated heterocycles. The second kappa shape index (κ2) is 10.6. The first-order valence-electron chi connectivity index (χ1n) is 8.23. The lowest BCUT2D eigenvalue weighted by atomic mass is 10.2. The van der Waals surface area contributed by atoms with E-state index in [1.807, 2.05) is 44.4 Å². The zero-order chi connectivity index (χ0) is 17.1. The summed E-state index contributed by atoms with van der Waals surface area (Å²) in [4.78, 5) is 12.9. The summed E-state index contributed by atoms with van der Waals surface area (Å²) in [7, 11) is 7.91. The number of aliphatic imine (C=N–C) groups is 1. The molecule has 5 nitrogen and oxygen atoms in total. The molecule has 1 N–H and O–H groups in total. The Hall–Kier alpha value is -2.04. The molecule has 1 aromatic heterocycles. The number of unbranched alkanes of at least 4 members (excludes halogenated alkanes) is 3. The number of guanidine groups is 1. The molecule has 1 aromatic rings. The zero-order valence-electron chi connectivity index (χ0n) is 15.0. The van der Waals surface area contributed by atoms with Gasteiger partial charge in [0.2, 0.25) is 0 Å². The third kappa shape index (κ3) is 7.17. The minimum absolute atomic E-state index is 0.747. The van der Waals surface area contributed by atoms with E-state index in [2.05, 4.69) is 39.9 Å². The summed E-state index contributed by atoms with van der Waals surface area (Å²) < 4.78 is 0. The molecule has 23 heavy (non-hydrogen) atoms. The minimum atomic E-state index is 0.747. The maximum absolute atomic E-state index is 4.36. The van der Waals surface area contributed by atoms with Crippen LogP contribution in [0, 0.1) is 0 Å². The van der Waals surface area contributed by atoms with Gasteiger partial charge in [0.25, 0.3) is 0 Å². The summed E-state index contributed by atoms with van der Waals surface area (Å²) in [5, 5.41) is 3.42. The Morgan fingerprint density at radius 3 is 2.74 bits per heavy atom. The van der Waals surface area contributed by atoms with Gasteiger partial charge in [0.1, 0.15) is 5.82 Å². The molecule has 5 heteroatoms. The van der Waals surface area contributed by atoms with Gasteiger partial charge in [0.05, 0.1) is 0 Å². The maximum Gasteiger partial charge on any atom is 0.193 e. The number of rotatable bonds is 9. The van der Waals surface area contributed by atoms with Gasteiger partial charge in [0.15, 0.2) is 5.96 Å². The van der Waals surface area contributed by atoms with Crippen LogP contribution in [-0.4, -0.2) is 50.6 Å². The molecule has 0 aliphatic rings. The summed E-state index contributed by atoms with van der Waals surface area (Å²) in [5.74, 6) is 1.90. The van der Waals surface area contributed by atoms with Crippen LogP contribution in [0.2, 0.25) is 0 Å².